The fraction of sp³-hybridized carbons (Fsp3) is 0.500. The lowest BCUT2D eigenvalue weighted by molar-refractivity contribution is 0.151. The molecule has 1 aliphatic carbocycles. The first-order chi connectivity index (χ1) is 7.93. The van der Waals surface area contributed by atoms with Gasteiger partial charge in [-0.3, -0.25) is 0 Å². The molecule has 0 aromatic heterocycles. The summed E-state index contributed by atoms with van der Waals surface area (Å²) in [5, 5.41) is 4.21. The Balaban J connectivity index is 1.60. The van der Waals surface area contributed by atoms with E-state index in [1.54, 1.807) is 0 Å². The fourth-order valence-electron chi connectivity index (χ4n) is 2.83. The van der Waals surface area contributed by atoms with E-state index >= 15 is 0 Å². The second-order valence-electron chi connectivity index (χ2n) is 4.81. The maximum absolute atomic E-state index is 5.18. The number of nitrogens with zero attached hydrogens (tertiary/aromatic N) is 1. The topological polar surface area (TPSA) is 21.6 Å². The maximum atomic E-state index is 5.18. The first-order valence-corrected chi connectivity index (χ1v) is 6.17. The number of rotatable bonds is 3. The maximum Gasteiger partial charge on any atom is 0.125 e. The van der Waals surface area contributed by atoms with E-state index in [-0.39, 0.29) is 0 Å². The molecule has 2 heteroatoms. The van der Waals surface area contributed by atoms with Gasteiger partial charge in [-0.05, 0) is 31.2 Å². The first-order valence-electron chi connectivity index (χ1n) is 6.17. The molecule has 2 atom stereocenters. The highest BCUT2D eigenvalue weighted by atomic mass is 16.6. The number of oxime groups is 1. The predicted molar refractivity (Wildman–Crippen MR) is 64.4 cm³/mol. The Hall–Kier alpha value is -1.31. The third kappa shape index (κ3) is 1.84. The van der Waals surface area contributed by atoms with Crippen LogP contribution in [-0.4, -0.2) is 12.3 Å². The number of hydrogen-bond acceptors (Lipinski definition) is 2. The molecule has 1 saturated carbocycles. The van der Waals surface area contributed by atoms with E-state index in [9.17, 15) is 0 Å². The summed E-state index contributed by atoms with van der Waals surface area (Å²) in [7, 11) is 0. The molecule has 84 valence electrons. The molecule has 2 nitrogen and oxygen atoms in total. The van der Waals surface area contributed by atoms with Crippen molar-refractivity contribution in [1.29, 1.82) is 0 Å². The number of fused-ring (bicyclic) bond motifs is 1. The Bertz CT molecular complexity index is 385. The van der Waals surface area contributed by atoms with Gasteiger partial charge in [0.1, 0.15) is 6.61 Å². The van der Waals surface area contributed by atoms with Gasteiger partial charge in [0.2, 0.25) is 0 Å². The number of hydrogen-bond donors (Lipinski definition) is 0. The lowest BCUT2D eigenvalue weighted by Gasteiger charge is -2.09. The van der Waals surface area contributed by atoms with Crippen LogP contribution in [0, 0.1) is 11.8 Å². The average molecular weight is 215 g/mol. The van der Waals surface area contributed by atoms with E-state index < -0.39 is 0 Å². The van der Waals surface area contributed by atoms with Crippen molar-refractivity contribution in [3.8, 4) is 0 Å². The SMILES string of the molecule is c1ccc(CC[C@@H]2CC[C@H]3CON=C23)cc1. The number of benzene rings is 1. The van der Waals surface area contributed by atoms with Crippen molar-refractivity contribution in [1.82, 2.24) is 0 Å². The summed E-state index contributed by atoms with van der Waals surface area (Å²) in [5.74, 6) is 1.31. The zero-order chi connectivity index (χ0) is 10.8. The summed E-state index contributed by atoms with van der Waals surface area (Å²) < 4.78 is 0. The van der Waals surface area contributed by atoms with Crippen LogP contribution in [0.5, 0.6) is 0 Å². The smallest absolute Gasteiger partial charge is 0.125 e. The van der Waals surface area contributed by atoms with Gasteiger partial charge in [0, 0.05) is 11.8 Å². The summed E-state index contributed by atoms with van der Waals surface area (Å²) >= 11 is 0. The highest BCUT2D eigenvalue weighted by Crippen LogP contribution is 2.34. The van der Waals surface area contributed by atoms with Gasteiger partial charge in [0.05, 0.1) is 5.71 Å². The molecule has 0 N–H and O–H groups in total. The fourth-order valence-corrected chi connectivity index (χ4v) is 2.83. The van der Waals surface area contributed by atoms with Crippen molar-refractivity contribution in [2.75, 3.05) is 6.61 Å². The minimum absolute atomic E-state index is 0.640. The second-order valence-corrected chi connectivity index (χ2v) is 4.81. The van der Waals surface area contributed by atoms with Crippen molar-refractivity contribution in [3.05, 3.63) is 35.9 Å². The zero-order valence-electron chi connectivity index (χ0n) is 9.43. The summed E-state index contributed by atoms with van der Waals surface area (Å²) in [5.41, 5.74) is 2.78. The molecular formula is C14H17NO. The Morgan fingerprint density at radius 3 is 2.94 bits per heavy atom. The predicted octanol–water partition coefficient (Wildman–Crippen LogP) is 3.03. The van der Waals surface area contributed by atoms with Crippen molar-refractivity contribution in [2.45, 2.75) is 25.7 Å². The first kappa shape index (κ1) is 9.88. The molecule has 0 unspecified atom stereocenters. The Morgan fingerprint density at radius 2 is 2.06 bits per heavy atom. The van der Waals surface area contributed by atoms with E-state index in [4.69, 9.17) is 4.84 Å². The van der Waals surface area contributed by atoms with E-state index in [0.717, 1.165) is 13.0 Å². The van der Waals surface area contributed by atoms with Crippen molar-refractivity contribution >= 4 is 5.71 Å². The third-order valence-corrected chi connectivity index (χ3v) is 3.77. The van der Waals surface area contributed by atoms with Crippen LogP contribution in [0.3, 0.4) is 0 Å². The Morgan fingerprint density at radius 1 is 1.19 bits per heavy atom. The standard InChI is InChI=1S/C14H17NO/c1-2-4-11(5-3-1)6-7-12-8-9-13-10-16-15-14(12)13/h1-5,12-13H,6-10H2/t12-,13+/m1/s1. The summed E-state index contributed by atoms with van der Waals surface area (Å²) in [6.45, 7) is 0.831. The van der Waals surface area contributed by atoms with Crippen LogP contribution in [0.1, 0.15) is 24.8 Å². The number of aryl methyl sites for hydroxylation is 1. The Labute approximate surface area is 96.3 Å². The van der Waals surface area contributed by atoms with Crippen molar-refractivity contribution in [3.63, 3.8) is 0 Å². The van der Waals surface area contributed by atoms with Gasteiger partial charge in [0.25, 0.3) is 0 Å². The van der Waals surface area contributed by atoms with Crippen molar-refractivity contribution in [2.24, 2.45) is 17.0 Å². The molecule has 0 radical (unpaired) electrons. The average Bonchev–Trinajstić information content (AvgIpc) is 2.90. The molecule has 16 heavy (non-hydrogen) atoms. The van der Waals surface area contributed by atoms with Crippen molar-refractivity contribution < 1.29 is 4.84 Å². The highest BCUT2D eigenvalue weighted by Gasteiger charge is 2.35. The molecule has 1 heterocycles. The molecule has 1 aromatic carbocycles. The van der Waals surface area contributed by atoms with Gasteiger partial charge < -0.3 is 4.84 Å². The van der Waals surface area contributed by atoms with Crippen LogP contribution in [-0.2, 0) is 11.3 Å². The second kappa shape index (κ2) is 4.28. The molecule has 0 saturated heterocycles. The minimum Gasteiger partial charge on any atom is -0.395 e. The lowest BCUT2D eigenvalue weighted by atomic mass is 9.95. The van der Waals surface area contributed by atoms with Gasteiger partial charge in [-0.2, -0.15) is 0 Å². The van der Waals surface area contributed by atoms with E-state index in [0.29, 0.717) is 11.8 Å². The quantitative estimate of drug-likeness (QED) is 0.759. The van der Waals surface area contributed by atoms with E-state index in [1.165, 1.54) is 30.5 Å². The zero-order valence-corrected chi connectivity index (χ0v) is 9.43. The summed E-state index contributed by atoms with van der Waals surface area (Å²) in [6, 6.07) is 10.7. The van der Waals surface area contributed by atoms with Crippen LogP contribution in [0.15, 0.2) is 35.5 Å². The molecule has 0 amide bonds. The van der Waals surface area contributed by atoms with Crippen LogP contribution in [0.4, 0.5) is 0 Å². The van der Waals surface area contributed by atoms with Crippen LogP contribution in [0.2, 0.25) is 0 Å². The molecule has 1 fully saturated rings. The van der Waals surface area contributed by atoms with Gasteiger partial charge in [-0.1, -0.05) is 35.5 Å². The molecular weight excluding hydrogens is 198 g/mol. The monoisotopic (exact) mass is 215 g/mol. The molecule has 0 bridgehead atoms. The van der Waals surface area contributed by atoms with E-state index in [2.05, 4.69) is 35.5 Å². The van der Waals surface area contributed by atoms with Gasteiger partial charge >= 0.3 is 0 Å². The van der Waals surface area contributed by atoms with Crippen LogP contribution >= 0.6 is 0 Å². The molecule has 0 spiro atoms. The van der Waals surface area contributed by atoms with Gasteiger partial charge in [0.15, 0.2) is 0 Å². The third-order valence-electron chi connectivity index (χ3n) is 3.77. The van der Waals surface area contributed by atoms with E-state index in [1.807, 2.05) is 0 Å². The molecule has 1 aromatic rings. The summed E-state index contributed by atoms with van der Waals surface area (Å²) in [6.07, 6.45) is 4.97. The Kier molecular flexibility index (Phi) is 2.65. The van der Waals surface area contributed by atoms with Crippen LogP contribution < -0.4 is 0 Å². The molecule has 1 aliphatic heterocycles. The van der Waals surface area contributed by atoms with Gasteiger partial charge in [-0.25, -0.2) is 0 Å². The lowest BCUT2D eigenvalue weighted by Crippen LogP contribution is -2.12. The highest BCUT2D eigenvalue weighted by molar-refractivity contribution is 5.91. The molecule has 2 aliphatic rings. The summed E-state index contributed by atoms with van der Waals surface area (Å²) in [4.78, 5) is 5.18. The minimum atomic E-state index is 0.640. The largest absolute Gasteiger partial charge is 0.395 e. The van der Waals surface area contributed by atoms with Gasteiger partial charge in [-0.15, -0.1) is 0 Å². The molecule has 3 rings (SSSR count). The normalized spacial score (nSPS) is 27.4. The van der Waals surface area contributed by atoms with Crippen LogP contribution in [0.25, 0.3) is 0 Å².